The Hall–Kier alpha value is -1.87. The van der Waals surface area contributed by atoms with E-state index < -0.39 is 20.0 Å². The van der Waals surface area contributed by atoms with Crippen molar-refractivity contribution < 1.29 is 21.6 Å². The van der Waals surface area contributed by atoms with E-state index in [9.17, 15) is 21.6 Å². The Bertz CT molecular complexity index is 1100. The Kier molecular flexibility index (Phi) is 6.10. The van der Waals surface area contributed by atoms with Gasteiger partial charge in [-0.3, -0.25) is 9.89 Å². The summed E-state index contributed by atoms with van der Waals surface area (Å²) in [6.07, 6.45) is 1.55. The fourth-order valence-corrected chi connectivity index (χ4v) is 7.62. The van der Waals surface area contributed by atoms with Crippen LogP contribution in [0.4, 0.5) is 5.13 Å². The van der Waals surface area contributed by atoms with E-state index in [1.807, 2.05) is 0 Å². The molecule has 3 heterocycles. The molecule has 3 rings (SSSR count). The highest BCUT2D eigenvalue weighted by atomic mass is 32.2. The van der Waals surface area contributed by atoms with Crippen LogP contribution in [0.25, 0.3) is 0 Å². The number of H-pyrrole nitrogens is 1. The zero-order chi connectivity index (χ0) is 21.4. The number of amides is 1. The highest BCUT2D eigenvalue weighted by molar-refractivity contribution is 7.91. The Morgan fingerprint density at radius 3 is 2.28 bits per heavy atom. The summed E-state index contributed by atoms with van der Waals surface area (Å²) in [4.78, 5) is 15.2. The van der Waals surface area contributed by atoms with E-state index in [2.05, 4.69) is 20.5 Å². The third kappa shape index (κ3) is 4.35. The number of rotatable bonds is 5. The highest BCUT2D eigenvalue weighted by Gasteiger charge is 2.34. The van der Waals surface area contributed by atoms with Crippen molar-refractivity contribution in [1.82, 2.24) is 23.8 Å². The van der Waals surface area contributed by atoms with Crippen LogP contribution >= 0.6 is 11.3 Å². The number of anilines is 1. The van der Waals surface area contributed by atoms with E-state index in [0.29, 0.717) is 17.8 Å². The Labute approximate surface area is 173 Å². The molecule has 0 bridgehead atoms. The number of nitrogens with one attached hydrogen (secondary N) is 2. The van der Waals surface area contributed by atoms with Crippen LogP contribution in [0.3, 0.4) is 0 Å². The van der Waals surface area contributed by atoms with Gasteiger partial charge in [0.1, 0.15) is 4.90 Å². The van der Waals surface area contributed by atoms with E-state index in [0.717, 1.165) is 11.3 Å². The van der Waals surface area contributed by atoms with Gasteiger partial charge in [0.15, 0.2) is 9.34 Å². The Morgan fingerprint density at radius 2 is 1.72 bits per heavy atom. The van der Waals surface area contributed by atoms with E-state index in [1.54, 1.807) is 13.8 Å². The average Bonchev–Trinajstić information content (AvgIpc) is 3.12. The predicted octanol–water partition coefficient (Wildman–Crippen LogP) is 0.527. The first kappa shape index (κ1) is 21.8. The minimum Gasteiger partial charge on any atom is -0.302 e. The Morgan fingerprint density at radius 1 is 1.10 bits per heavy atom. The summed E-state index contributed by atoms with van der Waals surface area (Å²) in [6, 6.07) is 0. The van der Waals surface area contributed by atoms with Crippen LogP contribution in [0.1, 0.15) is 24.7 Å². The lowest BCUT2D eigenvalue weighted by Gasteiger charge is -2.21. The van der Waals surface area contributed by atoms with Crippen molar-refractivity contribution in [1.29, 1.82) is 0 Å². The van der Waals surface area contributed by atoms with Gasteiger partial charge in [-0.05, 0) is 20.3 Å². The minimum atomic E-state index is -3.84. The minimum absolute atomic E-state index is 0.000851. The zero-order valence-corrected chi connectivity index (χ0v) is 18.6. The topological polar surface area (TPSA) is 145 Å². The molecule has 1 fully saturated rings. The van der Waals surface area contributed by atoms with E-state index in [4.69, 9.17) is 0 Å². The molecule has 1 aliphatic heterocycles. The monoisotopic (exact) mass is 462 g/mol. The van der Waals surface area contributed by atoms with Crippen molar-refractivity contribution in [3.05, 3.63) is 17.6 Å². The number of carbonyl (C=O) groups excluding carboxylic acids is 1. The maximum absolute atomic E-state index is 13.0. The maximum atomic E-state index is 13.0. The summed E-state index contributed by atoms with van der Waals surface area (Å²) < 4.78 is 54.5. The van der Waals surface area contributed by atoms with Gasteiger partial charge in [0, 0.05) is 33.1 Å². The van der Waals surface area contributed by atoms with Gasteiger partial charge in [-0.1, -0.05) is 11.3 Å². The molecule has 1 aliphatic rings. The van der Waals surface area contributed by atoms with Gasteiger partial charge in [-0.25, -0.2) is 21.8 Å². The van der Waals surface area contributed by atoms with Crippen molar-refractivity contribution in [2.24, 2.45) is 0 Å². The lowest BCUT2D eigenvalue weighted by molar-refractivity contribution is -0.114. The molecule has 0 unspecified atom stereocenters. The molecular formula is C15H22N6O5S3. The van der Waals surface area contributed by atoms with Gasteiger partial charge >= 0.3 is 0 Å². The van der Waals surface area contributed by atoms with Crippen LogP contribution in [0.2, 0.25) is 0 Å². The molecule has 0 atom stereocenters. The molecular weight excluding hydrogens is 440 g/mol. The highest BCUT2D eigenvalue weighted by Crippen LogP contribution is 2.28. The van der Waals surface area contributed by atoms with Crippen molar-refractivity contribution in [3.8, 4) is 0 Å². The van der Waals surface area contributed by atoms with Crippen LogP contribution in [0.15, 0.2) is 15.3 Å². The number of sulfonamides is 2. The summed E-state index contributed by atoms with van der Waals surface area (Å²) in [7, 11) is -7.63. The van der Waals surface area contributed by atoms with Crippen LogP contribution in [0.5, 0.6) is 0 Å². The lowest BCUT2D eigenvalue weighted by atomic mass is 10.4. The van der Waals surface area contributed by atoms with Gasteiger partial charge in [-0.2, -0.15) is 13.7 Å². The van der Waals surface area contributed by atoms with E-state index in [-0.39, 0.29) is 46.3 Å². The maximum Gasteiger partial charge on any atom is 0.254 e. The van der Waals surface area contributed by atoms with Crippen molar-refractivity contribution >= 4 is 42.4 Å². The van der Waals surface area contributed by atoms with Gasteiger partial charge in [0.2, 0.25) is 15.9 Å². The number of aryl methyl sites for hydroxylation is 2. The van der Waals surface area contributed by atoms with Crippen LogP contribution < -0.4 is 5.32 Å². The Balaban J connectivity index is 1.79. The average molecular weight is 463 g/mol. The number of aromatic nitrogens is 3. The smallest absolute Gasteiger partial charge is 0.254 e. The largest absolute Gasteiger partial charge is 0.302 e. The molecule has 1 amide bonds. The summed E-state index contributed by atoms with van der Waals surface area (Å²) in [5, 5.41) is 9.27. The van der Waals surface area contributed by atoms with E-state index >= 15 is 0 Å². The van der Waals surface area contributed by atoms with Crippen LogP contribution in [-0.2, 0) is 24.8 Å². The van der Waals surface area contributed by atoms with Crippen LogP contribution in [0, 0.1) is 13.8 Å². The lowest BCUT2D eigenvalue weighted by Crippen LogP contribution is -2.37. The quantitative estimate of drug-likeness (QED) is 0.659. The van der Waals surface area contributed by atoms with Gasteiger partial charge in [0.05, 0.1) is 17.6 Å². The molecule has 2 aromatic heterocycles. The molecule has 14 heteroatoms. The molecule has 0 aliphatic carbocycles. The number of carbonyl (C=O) groups is 1. The first-order valence-electron chi connectivity index (χ1n) is 8.79. The van der Waals surface area contributed by atoms with Crippen molar-refractivity contribution in [2.45, 2.75) is 36.3 Å². The standard InChI is InChI=1S/C15H22N6O5S3/c1-10-14(11(2)19-18-10)29(25,26)21-6-4-5-20(7-8-21)28(23,24)13-9-16-15(27-13)17-12(3)22/h9H,4-8H2,1-3H3,(H,18,19)(H,16,17,22). The first-order valence-corrected chi connectivity index (χ1v) is 12.5. The van der Waals surface area contributed by atoms with E-state index in [1.165, 1.54) is 21.7 Å². The van der Waals surface area contributed by atoms with Crippen LogP contribution in [-0.4, -0.2) is 72.7 Å². The molecule has 0 spiro atoms. The van der Waals surface area contributed by atoms with Crippen molar-refractivity contribution in [3.63, 3.8) is 0 Å². The SMILES string of the molecule is CC(=O)Nc1ncc(S(=O)(=O)N2CCCN(S(=O)(=O)c3c(C)n[nH]c3C)CC2)s1. The molecule has 2 aromatic rings. The number of hydrogen-bond acceptors (Lipinski definition) is 8. The second kappa shape index (κ2) is 8.10. The summed E-state index contributed by atoms with van der Waals surface area (Å²) in [5.74, 6) is -0.344. The number of nitrogens with zero attached hydrogens (tertiary/aromatic N) is 4. The summed E-state index contributed by atoms with van der Waals surface area (Å²) >= 11 is 0.860. The molecule has 2 N–H and O–H groups in total. The second-order valence-corrected chi connectivity index (χ2v) is 11.7. The molecule has 0 aromatic carbocycles. The predicted molar refractivity (Wildman–Crippen MR) is 107 cm³/mol. The van der Waals surface area contributed by atoms with Gasteiger partial charge < -0.3 is 5.32 Å². The zero-order valence-electron chi connectivity index (χ0n) is 16.2. The third-order valence-electron chi connectivity index (χ3n) is 4.43. The molecule has 0 saturated carbocycles. The fraction of sp³-hybridized carbons (Fsp3) is 0.533. The molecule has 11 nitrogen and oxygen atoms in total. The summed E-state index contributed by atoms with van der Waals surface area (Å²) in [5.41, 5.74) is 0.831. The third-order valence-corrected chi connectivity index (χ3v) is 9.84. The number of thiazole rings is 1. The molecule has 1 saturated heterocycles. The van der Waals surface area contributed by atoms with Gasteiger partial charge in [0.25, 0.3) is 10.0 Å². The summed E-state index contributed by atoms with van der Waals surface area (Å²) in [6.45, 7) is 5.00. The second-order valence-electron chi connectivity index (χ2n) is 6.59. The van der Waals surface area contributed by atoms with Gasteiger partial charge in [-0.15, -0.1) is 0 Å². The van der Waals surface area contributed by atoms with Crippen molar-refractivity contribution in [2.75, 3.05) is 31.5 Å². The number of hydrogen-bond donors (Lipinski definition) is 2. The number of aromatic amines is 1. The molecule has 160 valence electrons. The normalized spacial score (nSPS) is 17.2. The molecule has 0 radical (unpaired) electrons. The fourth-order valence-electron chi connectivity index (χ4n) is 3.11. The molecule has 29 heavy (non-hydrogen) atoms. The first-order chi connectivity index (χ1) is 13.5.